The van der Waals surface area contributed by atoms with E-state index in [9.17, 15) is 4.79 Å². The molecular formula is C11H6ClN3O. The minimum atomic E-state index is -0.289. The van der Waals surface area contributed by atoms with Gasteiger partial charge < -0.3 is 0 Å². The van der Waals surface area contributed by atoms with Crippen molar-refractivity contribution in [3.63, 3.8) is 0 Å². The molecule has 1 aliphatic heterocycles. The third-order valence-corrected chi connectivity index (χ3v) is 2.61. The summed E-state index contributed by atoms with van der Waals surface area (Å²) in [6.07, 6.45) is 3.30. The lowest BCUT2D eigenvalue weighted by atomic mass is 10.3. The van der Waals surface area contributed by atoms with Crippen molar-refractivity contribution in [2.75, 3.05) is 0 Å². The topological polar surface area (TPSA) is 47.2 Å². The molecule has 16 heavy (non-hydrogen) atoms. The van der Waals surface area contributed by atoms with Gasteiger partial charge in [0, 0.05) is 23.0 Å². The first-order valence-electron chi connectivity index (χ1n) is 4.68. The molecule has 0 unspecified atom stereocenters. The van der Waals surface area contributed by atoms with Gasteiger partial charge in [-0.2, -0.15) is 5.10 Å². The largest absolute Gasteiger partial charge is 0.298 e. The van der Waals surface area contributed by atoms with E-state index < -0.39 is 0 Å². The molecule has 0 atom stereocenters. The zero-order chi connectivity index (χ0) is 11.1. The van der Waals surface area contributed by atoms with Crippen LogP contribution in [0, 0.1) is 0 Å². The molecule has 0 aliphatic carbocycles. The Morgan fingerprint density at radius 1 is 1.19 bits per heavy atom. The number of hydrogen-bond acceptors (Lipinski definition) is 2. The van der Waals surface area contributed by atoms with Crippen LogP contribution in [0.1, 0.15) is 16.1 Å². The van der Waals surface area contributed by atoms with Gasteiger partial charge in [-0.15, -0.1) is 0 Å². The number of rotatable bonds is 1. The molecule has 0 spiro atoms. The third-order valence-electron chi connectivity index (χ3n) is 2.36. The number of fused-ring (bicyclic) bond motifs is 1. The lowest BCUT2D eigenvalue weighted by molar-refractivity contribution is 0.100. The van der Waals surface area contributed by atoms with Crippen molar-refractivity contribution in [1.82, 2.24) is 9.78 Å². The average Bonchev–Trinajstić information content (AvgIpc) is 2.83. The Kier molecular flexibility index (Phi) is 1.91. The zero-order valence-corrected chi connectivity index (χ0v) is 8.85. The lowest BCUT2D eigenvalue weighted by Crippen LogP contribution is -1.98. The molecule has 3 rings (SSSR count). The van der Waals surface area contributed by atoms with Crippen molar-refractivity contribution in [2.24, 2.45) is 4.99 Å². The van der Waals surface area contributed by atoms with E-state index in [0.29, 0.717) is 10.7 Å². The fourth-order valence-electron chi connectivity index (χ4n) is 1.56. The van der Waals surface area contributed by atoms with Gasteiger partial charge in [0.1, 0.15) is 0 Å². The van der Waals surface area contributed by atoms with Gasteiger partial charge in [0.15, 0.2) is 5.69 Å². The molecule has 0 radical (unpaired) electrons. The number of nitrogens with zero attached hydrogens (tertiary/aromatic N) is 3. The minimum absolute atomic E-state index is 0.289. The van der Waals surface area contributed by atoms with E-state index in [4.69, 9.17) is 11.6 Å². The quantitative estimate of drug-likeness (QED) is 0.755. The van der Waals surface area contributed by atoms with Gasteiger partial charge in [0.2, 0.25) is 0 Å². The molecule has 1 aliphatic rings. The number of halogens is 1. The molecule has 0 N–H and O–H groups in total. The summed E-state index contributed by atoms with van der Waals surface area (Å²) < 4.78 is 1.64. The molecule has 0 saturated carbocycles. The molecule has 1 aromatic carbocycles. The van der Waals surface area contributed by atoms with Crippen LogP contribution in [0.2, 0.25) is 5.02 Å². The summed E-state index contributed by atoms with van der Waals surface area (Å²) >= 11 is 5.79. The smallest absolute Gasteiger partial charge is 0.265 e. The molecule has 1 aromatic heterocycles. The zero-order valence-electron chi connectivity index (χ0n) is 8.09. The second-order valence-corrected chi connectivity index (χ2v) is 3.85. The highest BCUT2D eigenvalue weighted by Crippen LogP contribution is 2.17. The third kappa shape index (κ3) is 1.35. The highest BCUT2D eigenvalue weighted by Gasteiger charge is 2.20. The molecule has 0 fully saturated rings. The van der Waals surface area contributed by atoms with Crippen molar-refractivity contribution in [1.29, 1.82) is 0 Å². The predicted octanol–water partition coefficient (Wildman–Crippen LogP) is 2.10. The first kappa shape index (κ1) is 9.30. The van der Waals surface area contributed by atoms with Crippen LogP contribution in [0.4, 0.5) is 0 Å². The van der Waals surface area contributed by atoms with Crippen molar-refractivity contribution >= 4 is 23.7 Å². The SMILES string of the molecule is O=C1N=Cc2cn(-c3ccc(Cl)cc3)nc21. The molecule has 2 aromatic rings. The second kappa shape index (κ2) is 3.28. The standard InChI is InChI=1S/C11H6ClN3O/c12-8-1-3-9(4-2-8)15-6-7-5-13-11(16)10(7)14-15/h1-6H. The van der Waals surface area contributed by atoms with Crippen LogP contribution in [0.3, 0.4) is 0 Å². The highest BCUT2D eigenvalue weighted by molar-refractivity contribution is 6.30. The van der Waals surface area contributed by atoms with E-state index >= 15 is 0 Å². The van der Waals surface area contributed by atoms with Gasteiger partial charge in [-0.25, -0.2) is 9.67 Å². The number of carbonyl (C=O) groups excluding carboxylic acids is 1. The number of hydrogen-bond donors (Lipinski definition) is 0. The maximum Gasteiger partial charge on any atom is 0.298 e. The van der Waals surface area contributed by atoms with Crippen molar-refractivity contribution in [3.05, 3.63) is 46.7 Å². The van der Waals surface area contributed by atoms with Crippen LogP contribution in [-0.4, -0.2) is 21.9 Å². The average molecular weight is 232 g/mol. The van der Waals surface area contributed by atoms with Gasteiger partial charge in [-0.05, 0) is 24.3 Å². The number of carbonyl (C=O) groups is 1. The minimum Gasteiger partial charge on any atom is -0.265 e. The van der Waals surface area contributed by atoms with Crippen molar-refractivity contribution in [2.45, 2.75) is 0 Å². The Hall–Kier alpha value is -1.94. The molecule has 2 heterocycles. The van der Waals surface area contributed by atoms with Crippen LogP contribution < -0.4 is 0 Å². The summed E-state index contributed by atoms with van der Waals surface area (Å²) in [5, 5.41) is 4.84. The van der Waals surface area contributed by atoms with Crippen LogP contribution in [0.25, 0.3) is 5.69 Å². The first-order valence-corrected chi connectivity index (χ1v) is 5.06. The second-order valence-electron chi connectivity index (χ2n) is 3.42. The number of amides is 1. The lowest BCUT2D eigenvalue weighted by Gasteiger charge is -2.00. The first-order chi connectivity index (χ1) is 7.74. The number of benzene rings is 1. The molecule has 78 valence electrons. The molecule has 0 bridgehead atoms. The summed E-state index contributed by atoms with van der Waals surface area (Å²) in [6, 6.07) is 7.23. The van der Waals surface area contributed by atoms with E-state index in [-0.39, 0.29) is 5.91 Å². The molecule has 0 saturated heterocycles. The van der Waals surface area contributed by atoms with E-state index in [0.717, 1.165) is 11.3 Å². The summed E-state index contributed by atoms with van der Waals surface area (Å²) in [6.45, 7) is 0. The van der Waals surface area contributed by atoms with E-state index in [1.54, 1.807) is 23.0 Å². The van der Waals surface area contributed by atoms with E-state index in [1.807, 2.05) is 12.1 Å². The Morgan fingerprint density at radius 2 is 1.94 bits per heavy atom. The Balaban J connectivity index is 2.08. The Morgan fingerprint density at radius 3 is 2.62 bits per heavy atom. The fraction of sp³-hybridized carbons (Fsp3) is 0. The van der Waals surface area contributed by atoms with Gasteiger partial charge in [-0.1, -0.05) is 11.6 Å². The molecule has 1 amide bonds. The van der Waals surface area contributed by atoms with Crippen LogP contribution >= 0.6 is 11.6 Å². The van der Waals surface area contributed by atoms with Gasteiger partial charge in [-0.3, -0.25) is 4.79 Å². The Labute approximate surface area is 96.2 Å². The Bertz CT molecular complexity index is 598. The van der Waals surface area contributed by atoms with Gasteiger partial charge in [0.25, 0.3) is 5.91 Å². The summed E-state index contributed by atoms with van der Waals surface area (Å²) in [4.78, 5) is 14.9. The summed E-state index contributed by atoms with van der Waals surface area (Å²) in [5.74, 6) is -0.289. The van der Waals surface area contributed by atoms with Gasteiger partial charge in [0.05, 0.1) is 5.69 Å². The fourth-order valence-corrected chi connectivity index (χ4v) is 1.69. The van der Waals surface area contributed by atoms with Crippen molar-refractivity contribution in [3.8, 4) is 5.69 Å². The molecule has 4 nitrogen and oxygen atoms in total. The normalized spacial score (nSPS) is 13.2. The van der Waals surface area contributed by atoms with E-state index in [1.165, 1.54) is 6.21 Å². The monoisotopic (exact) mass is 231 g/mol. The summed E-state index contributed by atoms with van der Waals surface area (Å²) in [7, 11) is 0. The van der Waals surface area contributed by atoms with Crippen LogP contribution in [-0.2, 0) is 0 Å². The van der Waals surface area contributed by atoms with Gasteiger partial charge >= 0.3 is 0 Å². The maximum absolute atomic E-state index is 11.3. The van der Waals surface area contributed by atoms with Crippen LogP contribution in [0.15, 0.2) is 35.5 Å². The molecule has 5 heteroatoms. The highest BCUT2D eigenvalue weighted by atomic mass is 35.5. The predicted molar refractivity (Wildman–Crippen MR) is 60.5 cm³/mol. The molecular weight excluding hydrogens is 226 g/mol. The maximum atomic E-state index is 11.3. The van der Waals surface area contributed by atoms with E-state index in [2.05, 4.69) is 10.1 Å². The van der Waals surface area contributed by atoms with Crippen LogP contribution in [0.5, 0.6) is 0 Å². The number of aliphatic imine (C=N–C) groups is 1. The summed E-state index contributed by atoms with van der Waals surface area (Å²) in [5.41, 5.74) is 2.01. The van der Waals surface area contributed by atoms with Crippen molar-refractivity contribution < 1.29 is 4.79 Å². The number of aromatic nitrogens is 2.